The number of amides is 1. The van der Waals surface area contributed by atoms with Crippen molar-refractivity contribution >= 4 is 5.91 Å². The molecule has 1 unspecified atom stereocenters. The lowest BCUT2D eigenvalue weighted by Crippen LogP contribution is -2.44. The number of β-amino-alcohol motifs (C(OH)–C–C–N with tert-alkyl or cyclic N) is 1. The molecule has 0 spiro atoms. The van der Waals surface area contributed by atoms with Gasteiger partial charge < -0.3 is 10.0 Å². The third-order valence-electron chi connectivity index (χ3n) is 3.78. The van der Waals surface area contributed by atoms with Crippen LogP contribution in [0.1, 0.15) is 18.9 Å². The molecule has 2 rings (SSSR count). The SMILES string of the molecule is CC(C(=O)N(C)Cc1cccc(F)c1)N1CC[C@@H](O)C1. The second-order valence-corrected chi connectivity index (χ2v) is 5.44. The molecule has 0 aliphatic carbocycles. The summed E-state index contributed by atoms with van der Waals surface area (Å²) in [4.78, 5) is 15.9. The zero-order valence-corrected chi connectivity index (χ0v) is 11.9. The van der Waals surface area contributed by atoms with Gasteiger partial charge in [-0.3, -0.25) is 9.69 Å². The smallest absolute Gasteiger partial charge is 0.239 e. The summed E-state index contributed by atoms with van der Waals surface area (Å²) >= 11 is 0. The molecule has 20 heavy (non-hydrogen) atoms. The normalized spacial score (nSPS) is 20.9. The molecule has 1 aliphatic heterocycles. The van der Waals surface area contributed by atoms with E-state index in [0.717, 1.165) is 12.1 Å². The first-order valence-corrected chi connectivity index (χ1v) is 6.89. The molecular formula is C15H21FN2O2. The van der Waals surface area contributed by atoms with Crippen molar-refractivity contribution in [1.29, 1.82) is 0 Å². The highest BCUT2D eigenvalue weighted by Gasteiger charge is 2.29. The number of nitrogens with zero attached hydrogens (tertiary/aromatic N) is 2. The van der Waals surface area contributed by atoms with Crippen LogP contribution in [0.3, 0.4) is 0 Å². The van der Waals surface area contributed by atoms with E-state index in [1.807, 2.05) is 11.8 Å². The molecule has 2 atom stereocenters. The number of carbonyl (C=O) groups is 1. The molecule has 110 valence electrons. The van der Waals surface area contributed by atoms with Crippen LogP contribution in [-0.4, -0.2) is 53.1 Å². The number of aliphatic hydroxyl groups is 1. The predicted octanol–water partition coefficient (Wildman–Crippen LogP) is 1.24. The maximum atomic E-state index is 13.1. The Morgan fingerprint density at radius 2 is 2.35 bits per heavy atom. The molecule has 0 bridgehead atoms. The molecule has 1 amide bonds. The Balaban J connectivity index is 1.94. The van der Waals surface area contributed by atoms with Gasteiger partial charge in [0.25, 0.3) is 0 Å². The molecule has 1 aromatic carbocycles. The van der Waals surface area contributed by atoms with E-state index in [2.05, 4.69) is 0 Å². The maximum Gasteiger partial charge on any atom is 0.239 e. The summed E-state index contributed by atoms with van der Waals surface area (Å²) in [5.41, 5.74) is 0.773. The molecule has 5 heteroatoms. The first-order valence-electron chi connectivity index (χ1n) is 6.89. The molecule has 1 fully saturated rings. The van der Waals surface area contributed by atoms with Gasteiger partial charge >= 0.3 is 0 Å². The first kappa shape index (κ1) is 14.9. The minimum Gasteiger partial charge on any atom is -0.392 e. The average Bonchev–Trinajstić information content (AvgIpc) is 2.83. The molecule has 1 N–H and O–H groups in total. The number of hydrogen-bond donors (Lipinski definition) is 1. The molecule has 1 saturated heterocycles. The standard InChI is InChI=1S/C15H21FN2O2/c1-11(18-7-6-14(19)10-18)15(20)17(2)9-12-4-3-5-13(16)8-12/h3-5,8,11,14,19H,6-7,9-10H2,1-2H3/t11?,14-/m1/s1. The van der Waals surface area contributed by atoms with Gasteiger partial charge in [-0.05, 0) is 31.0 Å². The summed E-state index contributed by atoms with van der Waals surface area (Å²) < 4.78 is 13.1. The molecule has 1 aliphatic rings. The highest BCUT2D eigenvalue weighted by molar-refractivity contribution is 5.81. The van der Waals surface area contributed by atoms with E-state index in [0.29, 0.717) is 19.5 Å². The van der Waals surface area contributed by atoms with Crippen molar-refractivity contribution in [3.05, 3.63) is 35.6 Å². The number of carbonyl (C=O) groups excluding carboxylic acids is 1. The minimum absolute atomic E-state index is 0.0108. The zero-order valence-electron chi connectivity index (χ0n) is 11.9. The van der Waals surface area contributed by atoms with Gasteiger partial charge in [0.2, 0.25) is 5.91 Å². The molecule has 0 radical (unpaired) electrons. The zero-order chi connectivity index (χ0) is 14.7. The van der Waals surface area contributed by atoms with Gasteiger partial charge in [0.1, 0.15) is 5.82 Å². The average molecular weight is 280 g/mol. The van der Waals surface area contributed by atoms with E-state index >= 15 is 0 Å². The van der Waals surface area contributed by atoms with Crippen LogP contribution in [0.15, 0.2) is 24.3 Å². The van der Waals surface area contributed by atoms with Gasteiger partial charge in [-0.15, -0.1) is 0 Å². The lowest BCUT2D eigenvalue weighted by molar-refractivity contribution is -0.135. The Morgan fingerprint density at radius 3 is 2.95 bits per heavy atom. The number of aliphatic hydroxyl groups excluding tert-OH is 1. The molecule has 4 nitrogen and oxygen atoms in total. The Bertz CT molecular complexity index is 481. The lowest BCUT2D eigenvalue weighted by Gasteiger charge is -2.27. The van der Waals surface area contributed by atoms with Crippen LogP contribution in [0, 0.1) is 5.82 Å². The van der Waals surface area contributed by atoms with E-state index in [4.69, 9.17) is 0 Å². The number of likely N-dealkylation sites (N-methyl/N-ethyl adjacent to an activating group) is 1. The fourth-order valence-corrected chi connectivity index (χ4v) is 2.58. The van der Waals surface area contributed by atoms with E-state index in [-0.39, 0.29) is 23.9 Å². The van der Waals surface area contributed by atoms with Gasteiger partial charge in [0.05, 0.1) is 12.1 Å². The Kier molecular flexibility index (Phi) is 4.73. The van der Waals surface area contributed by atoms with Crippen LogP contribution in [0.5, 0.6) is 0 Å². The van der Waals surface area contributed by atoms with Crippen molar-refractivity contribution in [3.63, 3.8) is 0 Å². The Labute approximate surface area is 118 Å². The predicted molar refractivity (Wildman–Crippen MR) is 74.5 cm³/mol. The monoisotopic (exact) mass is 280 g/mol. The highest BCUT2D eigenvalue weighted by atomic mass is 19.1. The van der Waals surface area contributed by atoms with Crippen LogP contribution >= 0.6 is 0 Å². The molecular weight excluding hydrogens is 259 g/mol. The first-order chi connectivity index (χ1) is 9.47. The van der Waals surface area contributed by atoms with Gasteiger partial charge in [-0.2, -0.15) is 0 Å². The van der Waals surface area contributed by atoms with Crippen LogP contribution in [-0.2, 0) is 11.3 Å². The van der Waals surface area contributed by atoms with Crippen LogP contribution in [0.2, 0.25) is 0 Å². The van der Waals surface area contributed by atoms with E-state index in [1.165, 1.54) is 12.1 Å². The number of halogens is 1. The van der Waals surface area contributed by atoms with Crippen LogP contribution in [0.25, 0.3) is 0 Å². The highest BCUT2D eigenvalue weighted by Crippen LogP contribution is 2.15. The topological polar surface area (TPSA) is 43.8 Å². The maximum absolute atomic E-state index is 13.1. The third kappa shape index (κ3) is 3.55. The molecule has 1 aromatic rings. The minimum atomic E-state index is -0.334. The lowest BCUT2D eigenvalue weighted by atomic mass is 10.2. The van der Waals surface area contributed by atoms with Crippen molar-refractivity contribution in [2.24, 2.45) is 0 Å². The summed E-state index contributed by atoms with van der Waals surface area (Å²) in [6.45, 7) is 3.52. The summed E-state index contributed by atoms with van der Waals surface area (Å²) in [5.74, 6) is -0.303. The van der Waals surface area contributed by atoms with Crippen LogP contribution in [0.4, 0.5) is 4.39 Å². The fraction of sp³-hybridized carbons (Fsp3) is 0.533. The summed E-state index contributed by atoms with van der Waals surface area (Å²) in [6, 6.07) is 6.01. The molecule has 0 saturated carbocycles. The number of hydrogen-bond acceptors (Lipinski definition) is 3. The summed E-state index contributed by atoms with van der Waals surface area (Å²) in [7, 11) is 1.72. The second kappa shape index (κ2) is 6.33. The number of rotatable bonds is 4. The third-order valence-corrected chi connectivity index (χ3v) is 3.78. The summed E-state index contributed by atoms with van der Waals surface area (Å²) in [6.07, 6.45) is 0.379. The van der Waals surface area contributed by atoms with Crippen molar-refractivity contribution in [2.75, 3.05) is 20.1 Å². The molecule has 1 heterocycles. The van der Waals surface area contributed by atoms with Crippen LogP contribution < -0.4 is 0 Å². The quantitative estimate of drug-likeness (QED) is 0.902. The number of likely N-dealkylation sites (tertiary alicyclic amines) is 1. The Hall–Kier alpha value is -1.46. The van der Waals surface area contributed by atoms with E-state index < -0.39 is 0 Å². The van der Waals surface area contributed by atoms with Gasteiger partial charge in [-0.1, -0.05) is 12.1 Å². The van der Waals surface area contributed by atoms with Gasteiger partial charge in [0, 0.05) is 26.7 Å². The van der Waals surface area contributed by atoms with E-state index in [1.54, 1.807) is 24.1 Å². The molecule has 0 aromatic heterocycles. The second-order valence-electron chi connectivity index (χ2n) is 5.44. The van der Waals surface area contributed by atoms with Gasteiger partial charge in [-0.25, -0.2) is 4.39 Å². The fourth-order valence-electron chi connectivity index (χ4n) is 2.58. The Morgan fingerprint density at radius 1 is 1.60 bits per heavy atom. The van der Waals surface area contributed by atoms with Gasteiger partial charge in [0.15, 0.2) is 0 Å². The largest absolute Gasteiger partial charge is 0.392 e. The van der Waals surface area contributed by atoms with Crippen molar-refractivity contribution in [3.8, 4) is 0 Å². The number of benzene rings is 1. The van der Waals surface area contributed by atoms with Crippen molar-refractivity contribution in [2.45, 2.75) is 32.0 Å². The summed E-state index contributed by atoms with van der Waals surface area (Å²) in [5, 5.41) is 9.53. The van der Waals surface area contributed by atoms with Crippen molar-refractivity contribution < 1.29 is 14.3 Å². The van der Waals surface area contributed by atoms with Crippen molar-refractivity contribution in [1.82, 2.24) is 9.80 Å². The van der Waals surface area contributed by atoms with E-state index in [9.17, 15) is 14.3 Å².